The molecular formula is C15H28N3O2+. The number of hydrogen-bond donors (Lipinski definition) is 2. The van der Waals surface area contributed by atoms with Gasteiger partial charge in [0.25, 0.3) is 5.91 Å². The van der Waals surface area contributed by atoms with E-state index in [2.05, 4.69) is 5.32 Å². The van der Waals surface area contributed by atoms with Crippen molar-refractivity contribution in [2.75, 3.05) is 33.7 Å². The summed E-state index contributed by atoms with van der Waals surface area (Å²) in [5, 5.41) is 2.56. The number of piperidine rings is 1. The molecule has 0 radical (unpaired) electrons. The zero-order chi connectivity index (χ0) is 14.5. The lowest BCUT2D eigenvalue weighted by Gasteiger charge is -2.41. The van der Waals surface area contributed by atoms with Crippen LogP contribution in [-0.2, 0) is 9.59 Å². The van der Waals surface area contributed by atoms with Crippen LogP contribution in [-0.4, -0.2) is 56.5 Å². The predicted octanol–water partition coefficient (Wildman–Crippen LogP) is -0.572. The lowest BCUT2D eigenvalue weighted by molar-refractivity contribution is -0.929. The van der Waals surface area contributed by atoms with Crippen LogP contribution in [0.2, 0.25) is 0 Å². The summed E-state index contributed by atoms with van der Waals surface area (Å²) in [7, 11) is 3.32. The first-order valence-corrected chi connectivity index (χ1v) is 7.91. The molecule has 1 aliphatic carbocycles. The van der Waals surface area contributed by atoms with Crippen LogP contribution < -0.4 is 10.2 Å². The van der Waals surface area contributed by atoms with E-state index in [1.807, 2.05) is 0 Å². The van der Waals surface area contributed by atoms with E-state index >= 15 is 0 Å². The number of carbonyl (C=O) groups excluding carboxylic acids is 2. The van der Waals surface area contributed by atoms with Gasteiger partial charge in [0.1, 0.15) is 0 Å². The van der Waals surface area contributed by atoms with Crippen LogP contribution in [0.4, 0.5) is 0 Å². The number of rotatable bonds is 4. The van der Waals surface area contributed by atoms with E-state index in [0.29, 0.717) is 12.6 Å². The molecule has 3 atom stereocenters. The first-order valence-electron chi connectivity index (χ1n) is 7.91. The largest absolute Gasteiger partial charge is 0.358 e. The lowest BCUT2D eigenvalue weighted by atomic mass is 9.78. The van der Waals surface area contributed by atoms with Gasteiger partial charge in [0.2, 0.25) is 5.91 Å². The lowest BCUT2D eigenvalue weighted by Crippen LogP contribution is -3.18. The first-order chi connectivity index (χ1) is 9.61. The van der Waals surface area contributed by atoms with E-state index in [1.165, 1.54) is 43.4 Å². The molecule has 2 aliphatic rings. The number of nitrogens with zero attached hydrogens (tertiary/aromatic N) is 1. The Hall–Kier alpha value is -1.10. The third kappa shape index (κ3) is 3.72. The number of likely N-dealkylation sites (N-methyl/N-ethyl adjacent to an activating group) is 2. The first kappa shape index (κ1) is 15.3. The minimum absolute atomic E-state index is 0.0924. The Kier molecular flexibility index (Phi) is 5.40. The van der Waals surface area contributed by atoms with Gasteiger partial charge in [0.05, 0.1) is 19.1 Å². The Morgan fingerprint density at radius 3 is 2.65 bits per heavy atom. The maximum atomic E-state index is 12.3. The van der Waals surface area contributed by atoms with E-state index in [-0.39, 0.29) is 18.4 Å². The van der Waals surface area contributed by atoms with E-state index < -0.39 is 0 Å². The van der Waals surface area contributed by atoms with Crippen molar-refractivity contribution in [1.29, 1.82) is 0 Å². The number of hydrogen-bond acceptors (Lipinski definition) is 2. The summed E-state index contributed by atoms with van der Waals surface area (Å²) in [4.78, 5) is 26.6. The Balaban J connectivity index is 1.87. The van der Waals surface area contributed by atoms with Crippen molar-refractivity contribution in [2.45, 2.75) is 44.6 Å². The van der Waals surface area contributed by atoms with Gasteiger partial charge in [0.15, 0.2) is 6.54 Å². The maximum Gasteiger partial charge on any atom is 0.277 e. The van der Waals surface area contributed by atoms with Crippen LogP contribution in [0, 0.1) is 5.92 Å². The zero-order valence-electron chi connectivity index (χ0n) is 12.8. The van der Waals surface area contributed by atoms with Crippen molar-refractivity contribution in [3.8, 4) is 0 Å². The van der Waals surface area contributed by atoms with E-state index in [4.69, 9.17) is 0 Å². The van der Waals surface area contributed by atoms with Crippen molar-refractivity contribution < 1.29 is 14.5 Å². The average molecular weight is 282 g/mol. The second kappa shape index (κ2) is 7.07. The average Bonchev–Trinajstić information content (AvgIpc) is 2.47. The van der Waals surface area contributed by atoms with Gasteiger partial charge in [0, 0.05) is 20.0 Å². The SMILES string of the molecule is CNC(=O)CN(C)C(=O)C[NH+]1CCC[C@H]2CCCC[C@@H]21. The molecule has 0 aromatic rings. The molecule has 2 N–H and O–H groups in total. The second-order valence-corrected chi connectivity index (χ2v) is 6.30. The quantitative estimate of drug-likeness (QED) is 0.725. The topological polar surface area (TPSA) is 53.9 Å². The molecule has 20 heavy (non-hydrogen) atoms. The molecule has 2 fully saturated rings. The maximum absolute atomic E-state index is 12.3. The van der Waals surface area contributed by atoms with Crippen molar-refractivity contribution in [2.24, 2.45) is 5.92 Å². The van der Waals surface area contributed by atoms with Crippen molar-refractivity contribution in [1.82, 2.24) is 10.2 Å². The van der Waals surface area contributed by atoms with E-state index in [9.17, 15) is 9.59 Å². The summed E-state index contributed by atoms with van der Waals surface area (Å²) in [6.07, 6.45) is 7.87. The normalized spacial score (nSPS) is 29.4. The molecule has 0 aromatic heterocycles. The highest BCUT2D eigenvalue weighted by Crippen LogP contribution is 2.28. The third-order valence-corrected chi connectivity index (χ3v) is 4.97. The molecule has 0 spiro atoms. The van der Waals surface area contributed by atoms with Crippen molar-refractivity contribution >= 4 is 11.8 Å². The highest BCUT2D eigenvalue weighted by Gasteiger charge is 2.37. The van der Waals surface area contributed by atoms with E-state index in [0.717, 1.165) is 12.5 Å². The molecule has 1 saturated carbocycles. The zero-order valence-corrected chi connectivity index (χ0v) is 12.8. The Morgan fingerprint density at radius 1 is 1.20 bits per heavy atom. The summed E-state index contributed by atoms with van der Waals surface area (Å²) in [6, 6.07) is 0.676. The highest BCUT2D eigenvalue weighted by molar-refractivity contribution is 5.84. The molecule has 1 saturated heterocycles. The Labute approximate surface area is 121 Å². The molecule has 2 rings (SSSR count). The molecule has 1 aliphatic heterocycles. The van der Waals surface area contributed by atoms with Crippen LogP contribution in [0.25, 0.3) is 0 Å². The van der Waals surface area contributed by atoms with Crippen LogP contribution in [0.3, 0.4) is 0 Å². The summed E-state index contributed by atoms with van der Waals surface area (Å²) in [6.45, 7) is 1.83. The van der Waals surface area contributed by atoms with Gasteiger partial charge in [-0.2, -0.15) is 0 Å². The standard InChI is InChI=1S/C15H27N3O2/c1-16-14(19)10-17(2)15(20)11-18-9-5-7-12-6-3-4-8-13(12)18/h12-13H,3-11H2,1-2H3,(H,16,19)/p+1/t12-,13+/m1/s1. The molecule has 0 bridgehead atoms. The van der Waals surface area contributed by atoms with Gasteiger partial charge in [-0.05, 0) is 32.1 Å². The minimum atomic E-state index is -0.106. The summed E-state index contributed by atoms with van der Waals surface area (Å²) in [5.41, 5.74) is 0. The van der Waals surface area contributed by atoms with E-state index in [1.54, 1.807) is 19.0 Å². The number of amides is 2. The summed E-state index contributed by atoms with van der Waals surface area (Å²) < 4.78 is 0. The van der Waals surface area contributed by atoms with Crippen LogP contribution in [0.15, 0.2) is 0 Å². The monoisotopic (exact) mass is 282 g/mol. The van der Waals surface area contributed by atoms with Gasteiger partial charge in [-0.25, -0.2) is 0 Å². The third-order valence-electron chi connectivity index (χ3n) is 4.97. The van der Waals surface area contributed by atoms with Crippen molar-refractivity contribution in [3.05, 3.63) is 0 Å². The van der Waals surface area contributed by atoms with Gasteiger partial charge < -0.3 is 15.1 Å². The van der Waals surface area contributed by atoms with Gasteiger partial charge in [-0.1, -0.05) is 6.42 Å². The minimum Gasteiger partial charge on any atom is -0.358 e. The van der Waals surface area contributed by atoms with Gasteiger partial charge in [-0.15, -0.1) is 0 Å². The molecule has 1 unspecified atom stereocenters. The highest BCUT2D eigenvalue weighted by atomic mass is 16.2. The van der Waals surface area contributed by atoms with Gasteiger partial charge >= 0.3 is 0 Å². The van der Waals surface area contributed by atoms with Crippen LogP contribution >= 0.6 is 0 Å². The van der Waals surface area contributed by atoms with Gasteiger partial charge in [-0.3, -0.25) is 9.59 Å². The summed E-state index contributed by atoms with van der Waals surface area (Å²) >= 11 is 0. The molecule has 0 aromatic carbocycles. The van der Waals surface area contributed by atoms with Crippen LogP contribution in [0.5, 0.6) is 0 Å². The van der Waals surface area contributed by atoms with Crippen LogP contribution in [0.1, 0.15) is 38.5 Å². The number of carbonyl (C=O) groups is 2. The fraction of sp³-hybridized carbons (Fsp3) is 0.867. The number of likely N-dealkylation sites (tertiary alicyclic amines) is 1. The number of quaternary nitrogens is 1. The summed E-state index contributed by atoms with van der Waals surface area (Å²) in [5.74, 6) is 0.810. The fourth-order valence-corrected chi connectivity index (χ4v) is 3.80. The number of nitrogens with one attached hydrogen (secondary N) is 2. The number of fused-ring (bicyclic) bond motifs is 1. The Morgan fingerprint density at radius 2 is 1.90 bits per heavy atom. The molecular weight excluding hydrogens is 254 g/mol. The van der Waals surface area contributed by atoms with Crippen molar-refractivity contribution in [3.63, 3.8) is 0 Å². The molecule has 114 valence electrons. The fourth-order valence-electron chi connectivity index (χ4n) is 3.80. The second-order valence-electron chi connectivity index (χ2n) is 6.30. The molecule has 2 amide bonds. The molecule has 5 nitrogen and oxygen atoms in total. The smallest absolute Gasteiger partial charge is 0.277 e. The Bertz CT molecular complexity index is 357. The molecule has 5 heteroatoms. The molecule has 1 heterocycles. The predicted molar refractivity (Wildman–Crippen MR) is 77.4 cm³/mol.